The van der Waals surface area contributed by atoms with Gasteiger partial charge in [0, 0.05) is 9.64 Å². The Morgan fingerprint density at radius 2 is 1.80 bits per heavy atom. The van der Waals surface area contributed by atoms with E-state index < -0.39 is 10.0 Å². The lowest BCUT2D eigenvalue weighted by atomic mass is 10.3. The highest BCUT2D eigenvalue weighted by Gasteiger charge is 2.14. The summed E-state index contributed by atoms with van der Waals surface area (Å²) in [7, 11) is -2.25. The normalized spacial score (nSPS) is 11.1. The molecule has 0 atom stereocenters. The number of halogens is 1. The van der Waals surface area contributed by atoms with Gasteiger partial charge in [-0.1, -0.05) is 0 Å². The first-order valence-electron chi connectivity index (χ1n) is 5.58. The molecule has 106 valence electrons. The Bertz CT molecular complexity index is 714. The molecular formula is C13H12INO4S. The van der Waals surface area contributed by atoms with Gasteiger partial charge in [0.25, 0.3) is 10.0 Å². The van der Waals surface area contributed by atoms with E-state index in [1.165, 1.54) is 37.4 Å². The SMILES string of the molecule is COc1ccc(NS(=O)(=O)c2ccc(I)cc2)cc1O. The molecule has 5 nitrogen and oxygen atoms in total. The topological polar surface area (TPSA) is 75.6 Å². The van der Waals surface area contributed by atoms with Crippen molar-refractivity contribution in [3.8, 4) is 11.5 Å². The summed E-state index contributed by atoms with van der Waals surface area (Å²) < 4.78 is 32.6. The van der Waals surface area contributed by atoms with E-state index in [-0.39, 0.29) is 22.1 Å². The molecule has 0 aliphatic heterocycles. The van der Waals surface area contributed by atoms with Crippen LogP contribution in [0.5, 0.6) is 11.5 Å². The number of methoxy groups -OCH3 is 1. The predicted octanol–water partition coefficient (Wildman–Crippen LogP) is 2.81. The number of phenolic OH excluding ortho intramolecular Hbond substituents is 1. The van der Waals surface area contributed by atoms with Gasteiger partial charge >= 0.3 is 0 Å². The van der Waals surface area contributed by atoms with Gasteiger partial charge in [-0.05, 0) is 59.0 Å². The number of ether oxygens (including phenoxy) is 1. The number of aromatic hydroxyl groups is 1. The summed E-state index contributed by atoms with van der Waals surface area (Å²) in [5.41, 5.74) is 0.266. The molecule has 7 heteroatoms. The van der Waals surface area contributed by atoms with Gasteiger partial charge in [-0.2, -0.15) is 0 Å². The maximum absolute atomic E-state index is 12.2. The first kappa shape index (κ1) is 14.9. The molecule has 2 rings (SSSR count). The zero-order valence-electron chi connectivity index (χ0n) is 10.5. The molecule has 0 aromatic heterocycles. The first-order chi connectivity index (χ1) is 9.42. The van der Waals surface area contributed by atoms with Crippen LogP contribution in [0.25, 0.3) is 0 Å². The van der Waals surface area contributed by atoms with Crippen molar-refractivity contribution in [1.29, 1.82) is 0 Å². The van der Waals surface area contributed by atoms with Gasteiger partial charge < -0.3 is 9.84 Å². The van der Waals surface area contributed by atoms with Gasteiger partial charge in [0.1, 0.15) is 0 Å². The molecular weight excluding hydrogens is 393 g/mol. The monoisotopic (exact) mass is 405 g/mol. The molecule has 2 N–H and O–H groups in total. The van der Waals surface area contributed by atoms with Crippen molar-refractivity contribution < 1.29 is 18.3 Å². The average molecular weight is 405 g/mol. The molecule has 0 amide bonds. The summed E-state index contributed by atoms with van der Waals surface area (Å²) in [4.78, 5) is 0.160. The van der Waals surface area contributed by atoms with Crippen LogP contribution in [0, 0.1) is 3.57 Å². The molecule has 0 saturated heterocycles. The highest BCUT2D eigenvalue weighted by atomic mass is 127. The Labute approximate surface area is 130 Å². The van der Waals surface area contributed by atoms with Crippen LogP contribution in [0.1, 0.15) is 0 Å². The van der Waals surface area contributed by atoms with Crippen molar-refractivity contribution >= 4 is 38.3 Å². The quantitative estimate of drug-likeness (QED) is 0.768. The standard InChI is InChI=1S/C13H12INO4S/c1-19-13-7-4-10(8-12(13)16)15-20(17,18)11-5-2-9(14)3-6-11/h2-8,15-16H,1H3. The molecule has 0 heterocycles. The fourth-order valence-electron chi connectivity index (χ4n) is 1.58. The minimum Gasteiger partial charge on any atom is -0.504 e. The first-order valence-corrected chi connectivity index (χ1v) is 8.14. The van der Waals surface area contributed by atoms with E-state index in [1.54, 1.807) is 12.1 Å². The zero-order valence-corrected chi connectivity index (χ0v) is 13.5. The highest BCUT2D eigenvalue weighted by Crippen LogP contribution is 2.29. The third-order valence-electron chi connectivity index (χ3n) is 2.56. The maximum atomic E-state index is 12.2. The van der Waals surface area contributed by atoms with Crippen molar-refractivity contribution in [2.24, 2.45) is 0 Å². The average Bonchev–Trinajstić information content (AvgIpc) is 2.39. The Hall–Kier alpha value is -1.48. The summed E-state index contributed by atoms with van der Waals surface area (Å²) in [6.45, 7) is 0. The Kier molecular flexibility index (Phi) is 4.39. The summed E-state index contributed by atoms with van der Waals surface area (Å²) in [6.07, 6.45) is 0. The highest BCUT2D eigenvalue weighted by molar-refractivity contribution is 14.1. The second kappa shape index (κ2) is 5.88. The van der Waals surface area contributed by atoms with Crippen LogP contribution in [0.15, 0.2) is 47.4 Å². The Balaban J connectivity index is 2.28. The van der Waals surface area contributed by atoms with Gasteiger partial charge in [-0.25, -0.2) is 8.42 Å². The van der Waals surface area contributed by atoms with Crippen molar-refractivity contribution in [2.45, 2.75) is 4.90 Å². The van der Waals surface area contributed by atoms with Crippen LogP contribution in [0.3, 0.4) is 0 Å². The van der Waals surface area contributed by atoms with Crippen LogP contribution in [-0.2, 0) is 10.0 Å². The van der Waals surface area contributed by atoms with E-state index in [1.807, 2.05) is 0 Å². The van der Waals surface area contributed by atoms with Gasteiger partial charge in [0.15, 0.2) is 11.5 Å². The zero-order chi connectivity index (χ0) is 14.8. The lowest BCUT2D eigenvalue weighted by Crippen LogP contribution is -2.12. The van der Waals surface area contributed by atoms with E-state index in [9.17, 15) is 13.5 Å². The maximum Gasteiger partial charge on any atom is 0.261 e. The fourth-order valence-corrected chi connectivity index (χ4v) is 2.99. The van der Waals surface area contributed by atoms with Crippen molar-refractivity contribution in [2.75, 3.05) is 11.8 Å². The molecule has 0 aliphatic rings. The molecule has 0 radical (unpaired) electrons. The van der Waals surface area contributed by atoms with Crippen LogP contribution in [0.4, 0.5) is 5.69 Å². The lowest BCUT2D eigenvalue weighted by molar-refractivity contribution is 0.373. The van der Waals surface area contributed by atoms with Crippen LogP contribution < -0.4 is 9.46 Å². The van der Waals surface area contributed by atoms with Crippen LogP contribution in [-0.4, -0.2) is 20.6 Å². The summed E-state index contributed by atoms with van der Waals surface area (Å²) >= 11 is 2.10. The van der Waals surface area contributed by atoms with E-state index >= 15 is 0 Å². The number of anilines is 1. The van der Waals surface area contributed by atoms with Gasteiger partial charge in [0.2, 0.25) is 0 Å². The predicted molar refractivity (Wildman–Crippen MR) is 84.6 cm³/mol. The molecule has 20 heavy (non-hydrogen) atoms. The van der Waals surface area contributed by atoms with Crippen molar-refractivity contribution in [3.63, 3.8) is 0 Å². The molecule has 0 saturated carbocycles. The van der Waals surface area contributed by atoms with Gasteiger partial charge in [0.05, 0.1) is 17.7 Å². The molecule has 0 spiro atoms. The van der Waals surface area contributed by atoms with E-state index in [2.05, 4.69) is 27.3 Å². The van der Waals surface area contributed by atoms with Crippen molar-refractivity contribution in [3.05, 3.63) is 46.0 Å². The molecule has 0 fully saturated rings. The third-order valence-corrected chi connectivity index (χ3v) is 4.67. The number of sulfonamides is 1. The minimum atomic E-state index is -3.67. The number of rotatable bonds is 4. The van der Waals surface area contributed by atoms with Crippen LogP contribution >= 0.6 is 22.6 Å². The van der Waals surface area contributed by atoms with Crippen LogP contribution in [0.2, 0.25) is 0 Å². The molecule has 2 aromatic rings. The summed E-state index contributed by atoms with van der Waals surface area (Å²) in [5.74, 6) is 0.150. The Morgan fingerprint density at radius 1 is 1.15 bits per heavy atom. The summed E-state index contributed by atoms with van der Waals surface area (Å²) in [6, 6.07) is 10.8. The van der Waals surface area contributed by atoms with E-state index in [4.69, 9.17) is 4.74 Å². The molecule has 0 bridgehead atoms. The van der Waals surface area contributed by atoms with Gasteiger partial charge in [-0.3, -0.25) is 4.72 Å². The fraction of sp³-hybridized carbons (Fsp3) is 0.0769. The smallest absolute Gasteiger partial charge is 0.261 e. The number of hydrogen-bond donors (Lipinski definition) is 2. The molecule has 2 aromatic carbocycles. The second-order valence-electron chi connectivity index (χ2n) is 3.95. The number of nitrogens with one attached hydrogen (secondary N) is 1. The molecule has 0 unspecified atom stereocenters. The minimum absolute atomic E-state index is 0.129. The third kappa shape index (κ3) is 3.34. The molecule has 0 aliphatic carbocycles. The second-order valence-corrected chi connectivity index (χ2v) is 6.87. The van der Waals surface area contributed by atoms with Crippen molar-refractivity contribution in [1.82, 2.24) is 0 Å². The Morgan fingerprint density at radius 3 is 2.35 bits per heavy atom. The summed E-state index contributed by atoms with van der Waals surface area (Å²) in [5, 5.41) is 9.63. The largest absolute Gasteiger partial charge is 0.504 e. The van der Waals surface area contributed by atoms with Gasteiger partial charge in [-0.15, -0.1) is 0 Å². The van der Waals surface area contributed by atoms with E-state index in [0.717, 1.165) is 3.57 Å². The number of hydrogen-bond acceptors (Lipinski definition) is 4. The number of benzene rings is 2. The number of phenols is 1. The van der Waals surface area contributed by atoms with E-state index in [0.29, 0.717) is 0 Å². The lowest BCUT2D eigenvalue weighted by Gasteiger charge is -2.10.